The van der Waals surface area contributed by atoms with Gasteiger partial charge in [0.15, 0.2) is 31.5 Å². The number of carbonyl (C=O) groups excluding carboxylic acids is 3. The summed E-state index contributed by atoms with van der Waals surface area (Å²) in [6.07, 6.45) is -57.2. The second-order valence-corrected chi connectivity index (χ2v) is 22.0. The molecule has 0 aromatic carbocycles. The zero-order valence-electron chi connectivity index (χ0n) is 45.4. The highest BCUT2D eigenvalue weighted by atomic mass is 32.3. The minimum Gasteiger partial charge on any atom is -0.477 e. The highest BCUT2D eigenvalue weighted by Crippen LogP contribution is 2.40. The predicted octanol–water partition coefficient (Wildman–Crippen LogP) is -13.6. The van der Waals surface area contributed by atoms with Crippen molar-refractivity contribution in [3.05, 3.63) is 0 Å². The lowest BCUT2D eigenvalue weighted by Gasteiger charge is -2.52. The van der Waals surface area contributed by atoms with Gasteiger partial charge in [-0.25, -0.2) is 8.98 Å². The number of nitrogens with one attached hydrogen (secondary N) is 3. The second kappa shape index (κ2) is 29.5. The average Bonchev–Trinajstić information content (AvgIpc) is 1.23. The van der Waals surface area contributed by atoms with Gasteiger partial charge in [0.1, 0.15) is 134 Å². The number of rotatable bonds is 23. The largest absolute Gasteiger partial charge is 0.477 e. The molecule has 40 heteroatoms. The van der Waals surface area contributed by atoms with Gasteiger partial charge in [0.05, 0.1) is 51.3 Å². The Hall–Kier alpha value is -3.33. The molecule has 6 aliphatic rings. The van der Waals surface area contributed by atoms with Crippen LogP contribution in [0.1, 0.15) is 34.1 Å². The van der Waals surface area contributed by atoms with Gasteiger partial charge in [-0.05, 0) is 6.92 Å². The van der Waals surface area contributed by atoms with Gasteiger partial charge in [-0.1, -0.05) is 0 Å². The first-order chi connectivity index (χ1) is 39.7. The molecule has 0 saturated carbocycles. The zero-order chi connectivity index (χ0) is 63.5. The second-order valence-electron chi connectivity index (χ2n) is 20.9. The number of amides is 3. The summed E-state index contributed by atoms with van der Waals surface area (Å²) in [5.41, 5.74) is 0. The number of hydrogen-bond acceptors (Lipinski definition) is 34. The van der Waals surface area contributed by atoms with E-state index >= 15 is 0 Å². The molecule has 0 bridgehead atoms. The smallest absolute Gasteiger partial charge is 0.397 e. The van der Waals surface area contributed by atoms with Gasteiger partial charge >= 0.3 is 16.4 Å². The Labute approximate surface area is 481 Å². The predicted molar refractivity (Wildman–Crippen MR) is 260 cm³/mol. The molecule has 31 atom stereocenters. The molecule has 0 spiro atoms. The number of aliphatic carboxylic acids is 1. The van der Waals surface area contributed by atoms with Crippen molar-refractivity contribution < 1.29 is 175 Å². The van der Waals surface area contributed by atoms with E-state index in [1.54, 1.807) is 0 Å². The molecule has 21 N–H and O–H groups in total. The van der Waals surface area contributed by atoms with Gasteiger partial charge < -0.3 is 155 Å². The summed E-state index contributed by atoms with van der Waals surface area (Å²) < 4.78 is 99.9. The van der Waals surface area contributed by atoms with Crippen LogP contribution >= 0.6 is 0 Å². The molecule has 3 amide bonds. The first kappa shape index (κ1) is 70.8. The number of carboxylic acid groups (broad SMARTS) is 1. The van der Waals surface area contributed by atoms with Crippen LogP contribution in [-0.4, -0.2) is 346 Å². The Morgan fingerprint density at radius 1 is 0.565 bits per heavy atom. The van der Waals surface area contributed by atoms with Crippen molar-refractivity contribution >= 4 is 34.1 Å². The molecule has 6 fully saturated rings. The summed E-state index contributed by atoms with van der Waals surface area (Å²) >= 11 is 0. The van der Waals surface area contributed by atoms with Gasteiger partial charge in [-0.15, -0.1) is 0 Å². The monoisotopic (exact) mass is 1270 g/mol. The molecule has 0 aromatic rings. The molecule has 85 heavy (non-hydrogen) atoms. The van der Waals surface area contributed by atoms with Crippen LogP contribution < -0.4 is 16.0 Å². The Morgan fingerprint density at radius 2 is 1.06 bits per heavy atom. The summed E-state index contributed by atoms with van der Waals surface area (Å²) in [4.78, 5) is 50.8. The molecular formula is C45H75N3O36S. The van der Waals surface area contributed by atoms with E-state index in [4.69, 9.17) is 56.7 Å². The van der Waals surface area contributed by atoms with Gasteiger partial charge in [-0.2, -0.15) is 8.42 Å². The number of aliphatic hydroxyl groups excluding tert-OH is 16. The van der Waals surface area contributed by atoms with E-state index in [-0.39, 0.29) is 0 Å². The lowest BCUT2D eigenvalue weighted by molar-refractivity contribution is -0.392. The Morgan fingerprint density at radius 3 is 1.62 bits per heavy atom. The van der Waals surface area contributed by atoms with Crippen LogP contribution in [0.5, 0.6) is 0 Å². The van der Waals surface area contributed by atoms with E-state index in [1.165, 1.54) is 6.92 Å². The van der Waals surface area contributed by atoms with Crippen molar-refractivity contribution in [2.75, 3.05) is 33.0 Å². The minimum atomic E-state index is -5.17. The molecule has 0 aromatic heterocycles. The molecule has 6 heterocycles. The van der Waals surface area contributed by atoms with Crippen LogP contribution in [0.4, 0.5) is 0 Å². The maximum absolute atomic E-state index is 13.2. The van der Waals surface area contributed by atoms with E-state index in [0.29, 0.717) is 0 Å². The third-order valence-corrected chi connectivity index (χ3v) is 15.2. The Kier molecular flexibility index (Phi) is 24.6. The van der Waals surface area contributed by atoms with E-state index in [0.717, 1.165) is 20.8 Å². The van der Waals surface area contributed by atoms with Crippen molar-refractivity contribution in [1.29, 1.82) is 0 Å². The number of carbonyl (C=O) groups is 4. The molecule has 39 nitrogen and oxygen atoms in total. The van der Waals surface area contributed by atoms with Crippen molar-refractivity contribution in [3.63, 3.8) is 0 Å². The summed E-state index contributed by atoms with van der Waals surface area (Å²) in [6, 6.07) is -5.38. The van der Waals surface area contributed by atoms with E-state index in [2.05, 4.69) is 20.1 Å². The molecule has 0 radical (unpaired) electrons. The first-order valence-corrected chi connectivity index (χ1v) is 27.6. The lowest BCUT2D eigenvalue weighted by Crippen LogP contribution is -2.71. The van der Waals surface area contributed by atoms with Crippen LogP contribution in [0.15, 0.2) is 0 Å². The maximum Gasteiger partial charge on any atom is 0.397 e. The fourth-order valence-electron chi connectivity index (χ4n) is 10.4. The fourth-order valence-corrected chi connectivity index (χ4v) is 10.7. The van der Waals surface area contributed by atoms with E-state index in [9.17, 15) is 114 Å². The summed E-state index contributed by atoms with van der Waals surface area (Å²) in [5, 5.41) is 192. The van der Waals surface area contributed by atoms with Crippen LogP contribution in [0, 0.1) is 0 Å². The van der Waals surface area contributed by atoms with Gasteiger partial charge in [0, 0.05) is 27.2 Å². The van der Waals surface area contributed by atoms with Gasteiger partial charge in [0.2, 0.25) is 17.7 Å². The van der Waals surface area contributed by atoms with Crippen molar-refractivity contribution in [3.8, 4) is 0 Å². The van der Waals surface area contributed by atoms with Crippen molar-refractivity contribution in [2.24, 2.45) is 0 Å². The van der Waals surface area contributed by atoms with Crippen LogP contribution in [0.25, 0.3) is 0 Å². The minimum absolute atomic E-state index is 0.852. The highest BCUT2D eigenvalue weighted by molar-refractivity contribution is 7.80. The third kappa shape index (κ3) is 16.4. The summed E-state index contributed by atoms with van der Waals surface area (Å²) in [5.74, 6) is -8.05. The summed E-state index contributed by atoms with van der Waals surface area (Å²) in [6.45, 7) is -1.60. The molecule has 1 unspecified atom stereocenters. The SMILES string of the molecule is CC(=O)N[C@H]1[C@H](OC[C@H]2OC(O)[C@H](NC(C)=O)[C@@H](O[C@@H]3O[C@H](COS(=O)(=O)O)[C@H](O)[C@H](O)[C@H]3O)[C@H]2O)O[C@H](CO)[C@@H](O[C@@H]2O[C@H](CO)[C@H](O)[C@H](O[C@]3(C(=O)O)C[C@H](O)[C@@H](NC(C)=O)[C@H]([C@H](O)[C@H](O)CO)O3)[C@H]2O)[C@@H]1O[C@@H]1O[C@@H](C)[C@@H](O)[C@@H](O)[C@@H]1O. The maximum atomic E-state index is 13.2. The number of hydrogen-bond donors (Lipinski definition) is 21. The molecular weight excluding hydrogens is 1190 g/mol. The zero-order valence-corrected chi connectivity index (χ0v) is 46.2. The number of carboxylic acids is 1. The standard InChI is InChI=1S/C45H75N3O36S/c1-11-24(57)29(62)31(64)41(75-11)82-37-23(48-14(4)54)40(73-9-19-28(61)35(22(39(67)76-19)47-13(3)53)81-42-32(65)30(63)26(59)20(79-42)10-74-85(70,71)72)78-18(8-51)34(37)80-43-33(66)38(27(60)17(7-50)77-43)84-45(44(68)69)5-15(55)21(46-12(2)52)36(83-45)25(58)16(56)6-49/h11,15-43,49-51,55-67H,5-10H2,1-4H3,(H,46,52)(H,47,53)(H,48,54)(H,68,69)(H,70,71,72)/t11-,15-,16+,17+,18+,19+,20+,21+,22+,23+,24+,25+,26-,27-,28-,29+,30-,31-,32+,33+,34+,35+,36+,37+,38-,39?,40+,41-,42-,43-,45-/m0/s1. The number of ether oxygens (including phenoxy) is 11. The molecule has 492 valence electrons. The normalized spacial score (nSPS) is 45.2. The molecule has 0 aliphatic carbocycles. The number of aliphatic hydroxyl groups is 16. The van der Waals surface area contributed by atoms with Crippen LogP contribution in [0.3, 0.4) is 0 Å². The van der Waals surface area contributed by atoms with Crippen LogP contribution in [0.2, 0.25) is 0 Å². The highest BCUT2D eigenvalue weighted by Gasteiger charge is 2.61. The third-order valence-electron chi connectivity index (χ3n) is 14.8. The van der Waals surface area contributed by atoms with Crippen molar-refractivity contribution in [2.45, 2.75) is 224 Å². The van der Waals surface area contributed by atoms with E-state index in [1.807, 2.05) is 0 Å². The van der Waals surface area contributed by atoms with Crippen molar-refractivity contribution in [1.82, 2.24) is 16.0 Å². The lowest BCUT2D eigenvalue weighted by atomic mass is 9.88. The molecule has 6 aliphatic heterocycles. The average molecular weight is 1270 g/mol. The Bertz CT molecular complexity index is 2340. The Balaban J connectivity index is 1.33. The fraction of sp³-hybridized carbons (Fsp3) is 0.911. The van der Waals surface area contributed by atoms with Gasteiger partial charge in [-0.3, -0.25) is 18.9 Å². The summed E-state index contributed by atoms with van der Waals surface area (Å²) in [7, 11) is -5.17. The van der Waals surface area contributed by atoms with Crippen LogP contribution in [-0.2, 0) is 85.9 Å². The van der Waals surface area contributed by atoms with Gasteiger partial charge in [0.25, 0.3) is 5.79 Å². The quantitative estimate of drug-likeness (QED) is 0.0422. The van der Waals surface area contributed by atoms with E-state index < -0.39 is 263 Å². The topological polar surface area (TPSA) is 613 Å². The molecule has 6 rings (SSSR count). The molecule has 6 saturated heterocycles. The first-order valence-electron chi connectivity index (χ1n) is 26.2.